The number of rotatable bonds is 4. The zero-order valence-electron chi connectivity index (χ0n) is 16.5. The highest BCUT2D eigenvalue weighted by molar-refractivity contribution is 14.1. The molecule has 29 heavy (non-hydrogen) atoms. The van der Waals surface area contributed by atoms with Crippen molar-refractivity contribution in [1.82, 2.24) is 14.8 Å². The van der Waals surface area contributed by atoms with Gasteiger partial charge in [0.2, 0.25) is 0 Å². The number of hydrogen-bond acceptors (Lipinski definition) is 5. The molecule has 0 radical (unpaired) electrons. The van der Waals surface area contributed by atoms with Crippen molar-refractivity contribution >= 4 is 39.9 Å². The lowest BCUT2D eigenvalue weighted by Crippen LogP contribution is -2.21. The highest BCUT2D eigenvalue weighted by Crippen LogP contribution is 2.44. The molecule has 0 spiro atoms. The molecule has 0 N–H and O–H groups in total. The van der Waals surface area contributed by atoms with E-state index in [1.54, 1.807) is 19.3 Å². The van der Waals surface area contributed by atoms with Crippen LogP contribution >= 0.6 is 33.9 Å². The second kappa shape index (κ2) is 7.79. The molecule has 3 heterocycles. The molecule has 4 rings (SSSR count). The zero-order chi connectivity index (χ0) is 20.8. The van der Waals surface area contributed by atoms with E-state index >= 15 is 0 Å². The minimum Gasteiger partial charge on any atom is -0.462 e. The molecule has 5 nitrogen and oxygen atoms in total. The first-order valence-electron chi connectivity index (χ1n) is 9.43. The molecular formula is C21H21FIN3O2S. The largest absolute Gasteiger partial charge is 0.462 e. The maximum Gasteiger partial charge on any atom is 0.339 e. The van der Waals surface area contributed by atoms with Gasteiger partial charge in [0.1, 0.15) is 12.1 Å². The first-order chi connectivity index (χ1) is 13.8. The summed E-state index contributed by atoms with van der Waals surface area (Å²) in [4.78, 5) is 14.7. The summed E-state index contributed by atoms with van der Waals surface area (Å²) in [6.45, 7) is 7.18. The molecule has 1 aliphatic heterocycles. The van der Waals surface area contributed by atoms with Crippen LogP contribution in [0.4, 0.5) is 4.39 Å². The maximum atomic E-state index is 14.5. The van der Waals surface area contributed by atoms with E-state index in [0.717, 1.165) is 31.3 Å². The van der Waals surface area contributed by atoms with Crippen LogP contribution in [-0.4, -0.2) is 27.3 Å². The van der Waals surface area contributed by atoms with Gasteiger partial charge in [0.05, 0.1) is 17.0 Å². The number of carbonyl (C=O) groups excluding carboxylic acids is 1. The number of thiophene rings is 1. The van der Waals surface area contributed by atoms with Crippen molar-refractivity contribution in [3.63, 3.8) is 0 Å². The van der Waals surface area contributed by atoms with E-state index < -0.39 is 0 Å². The Morgan fingerprint density at radius 3 is 2.93 bits per heavy atom. The van der Waals surface area contributed by atoms with E-state index in [1.165, 1.54) is 17.4 Å². The van der Waals surface area contributed by atoms with E-state index in [1.807, 2.05) is 10.6 Å². The standard InChI is InChI=1S/C21H21FIN3O2S/c1-4-28-20(27)17-14-9-21(2,3)10-26-11-24-25-19(26)18(14)29-16(17)7-12-5-6-13(23)8-15(12)22/h5-6,8,11H,4,7,9-10H2,1-3H3. The number of aromatic nitrogens is 3. The number of esters is 1. The third-order valence-corrected chi connectivity index (χ3v) is 6.90. The van der Waals surface area contributed by atoms with Gasteiger partial charge in [-0.2, -0.15) is 0 Å². The Kier molecular flexibility index (Phi) is 5.50. The molecule has 0 saturated heterocycles. The van der Waals surface area contributed by atoms with Crippen molar-refractivity contribution in [3.05, 3.63) is 55.5 Å². The molecule has 3 aromatic rings. The molecule has 0 bridgehead atoms. The summed E-state index contributed by atoms with van der Waals surface area (Å²) in [5.74, 6) is 0.143. The third-order valence-electron chi connectivity index (χ3n) is 5.00. The van der Waals surface area contributed by atoms with Gasteiger partial charge in [-0.15, -0.1) is 21.5 Å². The summed E-state index contributed by atoms with van der Waals surface area (Å²) < 4.78 is 22.8. The number of halogens is 2. The minimum absolute atomic E-state index is 0.0872. The molecule has 0 saturated carbocycles. The average molecular weight is 525 g/mol. The van der Waals surface area contributed by atoms with E-state index in [4.69, 9.17) is 4.74 Å². The molecule has 0 amide bonds. The van der Waals surface area contributed by atoms with Gasteiger partial charge in [0, 0.05) is 21.4 Å². The Balaban J connectivity index is 1.89. The molecular weight excluding hydrogens is 504 g/mol. The fourth-order valence-electron chi connectivity index (χ4n) is 3.81. The lowest BCUT2D eigenvalue weighted by Gasteiger charge is -2.23. The van der Waals surface area contributed by atoms with Gasteiger partial charge >= 0.3 is 5.97 Å². The van der Waals surface area contributed by atoms with Crippen molar-refractivity contribution in [2.24, 2.45) is 5.41 Å². The Labute approximate surface area is 186 Å². The summed E-state index contributed by atoms with van der Waals surface area (Å²) in [6, 6.07) is 5.17. The van der Waals surface area contributed by atoms with Gasteiger partial charge in [-0.05, 0) is 64.6 Å². The number of hydrogen-bond donors (Lipinski definition) is 0. The van der Waals surface area contributed by atoms with E-state index in [2.05, 4.69) is 46.6 Å². The molecule has 1 aliphatic rings. The zero-order valence-corrected chi connectivity index (χ0v) is 19.4. The van der Waals surface area contributed by atoms with Crippen LogP contribution in [0.3, 0.4) is 0 Å². The van der Waals surface area contributed by atoms with Crippen molar-refractivity contribution < 1.29 is 13.9 Å². The summed E-state index contributed by atoms with van der Waals surface area (Å²) in [5, 5.41) is 8.40. The van der Waals surface area contributed by atoms with Crippen LogP contribution in [-0.2, 0) is 24.1 Å². The number of nitrogens with zero attached hydrogens (tertiary/aromatic N) is 3. The predicted octanol–water partition coefficient (Wildman–Crippen LogP) is 5.10. The number of ether oxygens (including phenoxy) is 1. The van der Waals surface area contributed by atoms with Crippen molar-refractivity contribution in [2.45, 2.75) is 40.2 Å². The van der Waals surface area contributed by atoms with E-state index in [9.17, 15) is 9.18 Å². The molecule has 1 aromatic carbocycles. The molecule has 8 heteroatoms. The lowest BCUT2D eigenvalue weighted by atomic mass is 9.84. The SMILES string of the molecule is CCOC(=O)c1c(Cc2ccc(I)cc2F)sc2c1CC(C)(C)Cn1cnnc1-2. The average Bonchev–Trinajstić information content (AvgIpc) is 3.18. The summed E-state index contributed by atoms with van der Waals surface area (Å²) in [5.41, 5.74) is 1.98. The van der Waals surface area contributed by atoms with Gasteiger partial charge < -0.3 is 9.30 Å². The minimum atomic E-state index is -0.352. The first-order valence-corrected chi connectivity index (χ1v) is 11.3. The summed E-state index contributed by atoms with van der Waals surface area (Å²) in [6.07, 6.45) is 2.78. The third kappa shape index (κ3) is 3.96. The van der Waals surface area contributed by atoms with Crippen LogP contribution in [0.1, 0.15) is 47.1 Å². The predicted molar refractivity (Wildman–Crippen MR) is 119 cm³/mol. The quantitative estimate of drug-likeness (QED) is 0.352. The number of fused-ring (bicyclic) bond motifs is 3. The Morgan fingerprint density at radius 1 is 1.41 bits per heavy atom. The molecule has 0 unspecified atom stereocenters. The smallest absolute Gasteiger partial charge is 0.339 e. The van der Waals surface area contributed by atoms with E-state index in [-0.39, 0.29) is 17.2 Å². The molecule has 2 aromatic heterocycles. The second-order valence-electron chi connectivity index (χ2n) is 7.96. The van der Waals surface area contributed by atoms with Gasteiger partial charge in [-0.3, -0.25) is 0 Å². The van der Waals surface area contributed by atoms with Gasteiger partial charge in [-0.25, -0.2) is 9.18 Å². The van der Waals surface area contributed by atoms with Crippen molar-refractivity contribution in [2.75, 3.05) is 6.61 Å². The highest BCUT2D eigenvalue weighted by Gasteiger charge is 2.35. The Hall–Kier alpha value is -1.81. The van der Waals surface area contributed by atoms with Crippen LogP contribution in [0.25, 0.3) is 10.7 Å². The highest BCUT2D eigenvalue weighted by atomic mass is 127. The second-order valence-corrected chi connectivity index (χ2v) is 10.3. The van der Waals surface area contributed by atoms with Crippen LogP contribution in [0.2, 0.25) is 0 Å². The Bertz CT molecular complexity index is 1090. The van der Waals surface area contributed by atoms with Crippen LogP contribution in [0.5, 0.6) is 0 Å². The Morgan fingerprint density at radius 2 is 2.21 bits per heavy atom. The summed E-state index contributed by atoms with van der Waals surface area (Å²) >= 11 is 3.58. The fourth-order valence-corrected chi connectivity index (χ4v) is 5.59. The monoisotopic (exact) mass is 525 g/mol. The topological polar surface area (TPSA) is 57.0 Å². The van der Waals surface area contributed by atoms with Crippen LogP contribution in [0, 0.1) is 14.8 Å². The number of carbonyl (C=O) groups is 1. The van der Waals surface area contributed by atoms with E-state index in [0.29, 0.717) is 30.6 Å². The maximum absolute atomic E-state index is 14.5. The normalized spacial score (nSPS) is 14.8. The van der Waals surface area contributed by atoms with Crippen molar-refractivity contribution in [3.8, 4) is 10.7 Å². The number of benzene rings is 1. The molecule has 0 fully saturated rings. The molecule has 152 valence electrons. The fraction of sp³-hybridized carbons (Fsp3) is 0.381. The molecule has 0 atom stereocenters. The van der Waals surface area contributed by atoms with Crippen molar-refractivity contribution in [1.29, 1.82) is 0 Å². The van der Waals surface area contributed by atoms with Gasteiger partial charge in [0.25, 0.3) is 0 Å². The van der Waals surface area contributed by atoms with Gasteiger partial charge in [-0.1, -0.05) is 19.9 Å². The first kappa shape index (κ1) is 20.5. The van der Waals surface area contributed by atoms with Gasteiger partial charge in [0.15, 0.2) is 5.82 Å². The molecule has 0 aliphatic carbocycles. The lowest BCUT2D eigenvalue weighted by molar-refractivity contribution is 0.0524. The van der Waals surface area contributed by atoms with Crippen LogP contribution in [0.15, 0.2) is 24.5 Å². The summed E-state index contributed by atoms with van der Waals surface area (Å²) in [7, 11) is 0. The van der Waals surface area contributed by atoms with Crippen LogP contribution < -0.4 is 0 Å².